The highest BCUT2D eigenvalue weighted by Gasteiger charge is 2.14. The predicted octanol–water partition coefficient (Wildman–Crippen LogP) is 2.86. The zero-order chi connectivity index (χ0) is 14.1. The maximum atomic E-state index is 12.3. The molecule has 2 aromatic rings. The summed E-state index contributed by atoms with van der Waals surface area (Å²) in [4.78, 5) is 12.3. The number of Topliss-reactive ketones (excluding diaryl/α,β-unsaturated/α-hetero) is 1. The van der Waals surface area contributed by atoms with Gasteiger partial charge in [0, 0.05) is 30.0 Å². The number of carbonyl (C=O) groups is 1. The molecular formula is C16H19N3O. The molecule has 0 amide bonds. The van der Waals surface area contributed by atoms with Crippen LogP contribution in [0.25, 0.3) is 0 Å². The van der Waals surface area contributed by atoms with Crippen molar-refractivity contribution in [1.29, 1.82) is 0 Å². The molecule has 1 aromatic heterocycles. The number of carbonyl (C=O) groups excluding carboxylic acids is 1. The minimum Gasteiger partial charge on any atom is -0.384 e. The largest absolute Gasteiger partial charge is 0.384 e. The van der Waals surface area contributed by atoms with E-state index in [1.54, 1.807) is 0 Å². The molecule has 0 unspecified atom stereocenters. The van der Waals surface area contributed by atoms with Crippen molar-refractivity contribution in [3.05, 3.63) is 47.3 Å². The second-order valence-corrected chi connectivity index (χ2v) is 5.53. The Bertz CT molecular complexity index is 643. The summed E-state index contributed by atoms with van der Waals surface area (Å²) in [6, 6.07) is 8.16. The zero-order valence-electron chi connectivity index (χ0n) is 11.9. The van der Waals surface area contributed by atoms with Crippen molar-refractivity contribution in [2.24, 2.45) is 0 Å². The molecule has 1 aliphatic rings. The predicted molar refractivity (Wildman–Crippen MR) is 79.3 cm³/mol. The fourth-order valence-corrected chi connectivity index (χ4v) is 2.50. The van der Waals surface area contributed by atoms with Crippen LogP contribution >= 0.6 is 0 Å². The van der Waals surface area contributed by atoms with E-state index < -0.39 is 0 Å². The van der Waals surface area contributed by atoms with Crippen LogP contribution in [0.3, 0.4) is 0 Å². The quantitative estimate of drug-likeness (QED) is 0.868. The second-order valence-electron chi connectivity index (χ2n) is 5.53. The fraction of sp³-hybridized carbons (Fsp3) is 0.375. The maximum Gasteiger partial charge on any atom is 0.168 e. The van der Waals surface area contributed by atoms with Gasteiger partial charge < -0.3 is 5.32 Å². The van der Waals surface area contributed by atoms with Gasteiger partial charge in [-0.25, -0.2) is 0 Å². The highest BCUT2D eigenvalue weighted by molar-refractivity contribution is 5.98. The Morgan fingerprint density at radius 1 is 1.40 bits per heavy atom. The zero-order valence-corrected chi connectivity index (χ0v) is 11.9. The Morgan fingerprint density at radius 2 is 2.25 bits per heavy atom. The number of ketones is 1. The van der Waals surface area contributed by atoms with E-state index in [1.165, 1.54) is 5.56 Å². The first-order chi connectivity index (χ1) is 9.63. The van der Waals surface area contributed by atoms with Gasteiger partial charge in [-0.15, -0.1) is 0 Å². The summed E-state index contributed by atoms with van der Waals surface area (Å²) in [5.41, 5.74) is 4.02. The summed E-state index contributed by atoms with van der Waals surface area (Å²) in [6.45, 7) is 5.12. The summed E-state index contributed by atoms with van der Waals surface area (Å²) in [5, 5.41) is 7.74. The van der Waals surface area contributed by atoms with Crippen molar-refractivity contribution in [3.63, 3.8) is 0 Å². The number of hydrogen-bond donors (Lipinski definition) is 1. The molecular weight excluding hydrogens is 250 g/mol. The SMILES string of the molecule is CC(C)n1ccc(CC(=O)c2ccc3c(c2)CCN3)n1. The highest BCUT2D eigenvalue weighted by Crippen LogP contribution is 2.23. The number of nitrogens with one attached hydrogen (secondary N) is 1. The van der Waals surface area contributed by atoms with Gasteiger partial charge in [-0.05, 0) is 50.1 Å². The van der Waals surface area contributed by atoms with Crippen LogP contribution < -0.4 is 5.32 Å². The van der Waals surface area contributed by atoms with Gasteiger partial charge in [-0.2, -0.15) is 5.10 Å². The number of nitrogens with zero attached hydrogens (tertiary/aromatic N) is 2. The lowest BCUT2D eigenvalue weighted by Crippen LogP contribution is -2.07. The molecule has 0 atom stereocenters. The first-order valence-corrected chi connectivity index (χ1v) is 7.07. The van der Waals surface area contributed by atoms with Crippen molar-refractivity contribution in [1.82, 2.24) is 9.78 Å². The van der Waals surface area contributed by atoms with E-state index in [0.29, 0.717) is 12.5 Å². The van der Waals surface area contributed by atoms with Gasteiger partial charge in [-0.3, -0.25) is 9.48 Å². The molecule has 4 nitrogen and oxygen atoms in total. The Hall–Kier alpha value is -2.10. The number of benzene rings is 1. The number of aromatic nitrogens is 2. The van der Waals surface area contributed by atoms with E-state index in [0.717, 1.165) is 29.9 Å². The van der Waals surface area contributed by atoms with E-state index in [2.05, 4.69) is 24.3 Å². The van der Waals surface area contributed by atoms with Gasteiger partial charge in [0.1, 0.15) is 0 Å². The van der Waals surface area contributed by atoms with Crippen LogP contribution in [0.1, 0.15) is 41.5 Å². The molecule has 1 aromatic carbocycles. The molecule has 2 heterocycles. The fourth-order valence-electron chi connectivity index (χ4n) is 2.50. The lowest BCUT2D eigenvalue weighted by atomic mass is 10.0. The standard InChI is InChI=1S/C16H19N3O/c1-11(2)19-8-6-14(18-19)10-16(20)13-3-4-15-12(9-13)5-7-17-15/h3-4,6,8-9,11,17H,5,7,10H2,1-2H3. The molecule has 0 saturated heterocycles. The van der Waals surface area contributed by atoms with Crippen LogP contribution in [0.4, 0.5) is 5.69 Å². The van der Waals surface area contributed by atoms with Crippen molar-refractivity contribution >= 4 is 11.5 Å². The molecule has 4 heteroatoms. The molecule has 0 bridgehead atoms. The molecule has 104 valence electrons. The Balaban J connectivity index is 1.75. The average molecular weight is 269 g/mol. The van der Waals surface area contributed by atoms with Crippen LogP contribution in [0.5, 0.6) is 0 Å². The number of fused-ring (bicyclic) bond motifs is 1. The molecule has 0 aliphatic carbocycles. The van der Waals surface area contributed by atoms with Gasteiger partial charge in [0.15, 0.2) is 5.78 Å². The van der Waals surface area contributed by atoms with Crippen molar-refractivity contribution in [2.45, 2.75) is 32.7 Å². The van der Waals surface area contributed by atoms with Crippen molar-refractivity contribution in [2.75, 3.05) is 11.9 Å². The molecule has 0 fully saturated rings. The minimum absolute atomic E-state index is 0.133. The third kappa shape index (κ3) is 2.46. The molecule has 0 spiro atoms. The lowest BCUT2D eigenvalue weighted by molar-refractivity contribution is 0.0991. The average Bonchev–Trinajstić information content (AvgIpc) is 3.05. The molecule has 0 radical (unpaired) electrons. The van der Waals surface area contributed by atoms with E-state index in [4.69, 9.17) is 0 Å². The van der Waals surface area contributed by atoms with E-state index in [-0.39, 0.29) is 5.78 Å². The van der Waals surface area contributed by atoms with Crippen LogP contribution in [-0.4, -0.2) is 22.1 Å². The molecule has 1 aliphatic heterocycles. The number of rotatable bonds is 4. The number of hydrogen-bond acceptors (Lipinski definition) is 3. The first kappa shape index (κ1) is 12.9. The second kappa shape index (κ2) is 5.12. The van der Waals surface area contributed by atoms with E-state index in [9.17, 15) is 4.79 Å². The van der Waals surface area contributed by atoms with Crippen LogP contribution in [-0.2, 0) is 12.8 Å². The minimum atomic E-state index is 0.133. The van der Waals surface area contributed by atoms with Gasteiger partial charge in [0.25, 0.3) is 0 Å². The van der Waals surface area contributed by atoms with Crippen LogP contribution in [0, 0.1) is 0 Å². The van der Waals surface area contributed by atoms with Crippen LogP contribution in [0.15, 0.2) is 30.5 Å². The topological polar surface area (TPSA) is 46.9 Å². The lowest BCUT2D eigenvalue weighted by Gasteiger charge is -2.05. The van der Waals surface area contributed by atoms with Crippen molar-refractivity contribution < 1.29 is 4.79 Å². The summed E-state index contributed by atoms with van der Waals surface area (Å²) in [6.07, 6.45) is 3.30. The molecule has 20 heavy (non-hydrogen) atoms. The van der Waals surface area contributed by atoms with Crippen LogP contribution in [0.2, 0.25) is 0 Å². The Kier molecular flexibility index (Phi) is 3.30. The summed E-state index contributed by atoms with van der Waals surface area (Å²) in [7, 11) is 0. The third-order valence-electron chi connectivity index (χ3n) is 3.67. The Morgan fingerprint density at radius 3 is 3.00 bits per heavy atom. The first-order valence-electron chi connectivity index (χ1n) is 7.07. The van der Waals surface area contributed by atoms with Crippen molar-refractivity contribution in [3.8, 4) is 0 Å². The molecule has 1 N–H and O–H groups in total. The van der Waals surface area contributed by atoms with Gasteiger partial charge in [-0.1, -0.05) is 0 Å². The molecule has 0 saturated carbocycles. The Labute approximate surface area is 118 Å². The van der Waals surface area contributed by atoms with Gasteiger partial charge >= 0.3 is 0 Å². The summed E-state index contributed by atoms with van der Waals surface area (Å²) >= 11 is 0. The van der Waals surface area contributed by atoms with Gasteiger partial charge in [0.05, 0.1) is 12.1 Å². The normalized spacial score (nSPS) is 13.3. The van der Waals surface area contributed by atoms with E-state index >= 15 is 0 Å². The summed E-state index contributed by atoms with van der Waals surface area (Å²) < 4.78 is 1.88. The monoisotopic (exact) mass is 269 g/mol. The summed E-state index contributed by atoms with van der Waals surface area (Å²) in [5.74, 6) is 0.133. The van der Waals surface area contributed by atoms with Gasteiger partial charge in [0.2, 0.25) is 0 Å². The smallest absolute Gasteiger partial charge is 0.168 e. The number of anilines is 1. The highest BCUT2D eigenvalue weighted by atomic mass is 16.1. The van der Waals surface area contributed by atoms with E-state index in [1.807, 2.05) is 35.1 Å². The maximum absolute atomic E-state index is 12.3. The molecule has 3 rings (SSSR count). The third-order valence-corrected chi connectivity index (χ3v) is 3.67.